The van der Waals surface area contributed by atoms with E-state index in [1.807, 2.05) is 0 Å². The van der Waals surface area contributed by atoms with Crippen molar-refractivity contribution in [2.75, 3.05) is 0 Å². The van der Waals surface area contributed by atoms with Crippen molar-refractivity contribution >= 4 is 40.4 Å². The molecule has 1 unspecified atom stereocenters. The molecule has 1 aliphatic heterocycles. The Bertz CT molecular complexity index is 990. The number of benzene rings is 2. The molecule has 1 amide bonds. The molecule has 2 aromatic rings. The number of amides is 1. The molecule has 0 saturated carbocycles. The Labute approximate surface area is 162 Å². The van der Waals surface area contributed by atoms with Gasteiger partial charge < -0.3 is 5.32 Å². The van der Waals surface area contributed by atoms with Crippen LogP contribution in [0.1, 0.15) is 11.1 Å². The Morgan fingerprint density at radius 3 is 2.46 bits per heavy atom. The van der Waals surface area contributed by atoms with Crippen molar-refractivity contribution in [3.05, 3.63) is 79.9 Å². The van der Waals surface area contributed by atoms with Crippen LogP contribution in [0, 0.1) is 20.2 Å². The molecule has 0 aliphatic carbocycles. The van der Waals surface area contributed by atoms with Gasteiger partial charge in [0.05, 0.1) is 21.3 Å². The second kappa shape index (κ2) is 8.39. The molecule has 28 heavy (non-hydrogen) atoms. The quantitative estimate of drug-likeness (QED) is 0.450. The molecule has 0 aromatic heterocycles. The van der Waals surface area contributed by atoms with Crippen LogP contribution in [-0.2, 0) is 11.2 Å². The third-order valence-electron chi connectivity index (χ3n) is 3.83. The van der Waals surface area contributed by atoms with Crippen molar-refractivity contribution in [2.24, 2.45) is 10.2 Å². The molecular formula is C17H13N5O5S. The predicted molar refractivity (Wildman–Crippen MR) is 104 cm³/mol. The number of nitrogens with one attached hydrogen (secondary N) is 1. The van der Waals surface area contributed by atoms with Gasteiger partial charge in [-0.05, 0) is 17.7 Å². The molecule has 1 fully saturated rings. The van der Waals surface area contributed by atoms with Gasteiger partial charge in [-0.1, -0.05) is 30.0 Å². The Balaban J connectivity index is 1.65. The molecule has 1 heterocycles. The molecular weight excluding hydrogens is 386 g/mol. The fourth-order valence-electron chi connectivity index (χ4n) is 2.48. The molecule has 142 valence electrons. The molecule has 1 atom stereocenters. The molecule has 0 radical (unpaired) electrons. The van der Waals surface area contributed by atoms with Gasteiger partial charge in [0.15, 0.2) is 5.17 Å². The average molecular weight is 399 g/mol. The van der Waals surface area contributed by atoms with Gasteiger partial charge >= 0.3 is 0 Å². The summed E-state index contributed by atoms with van der Waals surface area (Å²) < 4.78 is 0. The number of hydrogen-bond acceptors (Lipinski definition) is 8. The van der Waals surface area contributed by atoms with Crippen molar-refractivity contribution in [3.63, 3.8) is 0 Å². The van der Waals surface area contributed by atoms with E-state index >= 15 is 0 Å². The van der Waals surface area contributed by atoms with E-state index < -0.39 is 15.1 Å². The van der Waals surface area contributed by atoms with E-state index in [0.29, 0.717) is 11.1 Å². The number of nitro groups is 2. The highest BCUT2D eigenvalue weighted by Crippen LogP contribution is 2.27. The summed E-state index contributed by atoms with van der Waals surface area (Å²) in [6, 6.07) is 12.0. The van der Waals surface area contributed by atoms with Gasteiger partial charge in [-0.3, -0.25) is 25.0 Å². The summed E-state index contributed by atoms with van der Waals surface area (Å²) in [5, 5.41) is 31.8. The Hall–Kier alpha value is -3.60. The number of nitro benzene ring substituents is 2. The summed E-state index contributed by atoms with van der Waals surface area (Å²) in [5.74, 6) is -0.299. The highest BCUT2D eigenvalue weighted by atomic mass is 32.2. The first-order chi connectivity index (χ1) is 13.4. The van der Waals surface area contributed by atoms with Gasteiger partial charge in [-0.2, -0.15) is 5.10 Å². The number of hydrogen-bond donors (Lipinski definition) is 1. The van der Waals surface area contributed by atoms with E-state index in [0.717, 1.165) is 11.8 Å². The molecule has 0 bridgehead atoms. The van der Waals surface area contributed by atoms with Gasteiger partial charge in [0, 0.05) is 30.2 Å². The SMILES string of the molecule is O=C1N/C(=N\N=C\c2ccc([N+](=O)[O-])cc2)SC1Cc1ccccc1[N+](=O)[O-]. The summed E-state index contributed by atoms with van der Waals surface area (Å²) in [5.41, 5.74) is 1.02. The van der Waals surface area contributed by atoms with E-state index in [9.17, 15) is 25.0 Å². The lowest BCUT2D eigenvalue weighted by atomic mass is 10.1. The summed E-state index contributed by atoms with van der Waals surface area (Å²) in [7, 11) is 0. The van der Waals surface area contributed by atoms with Gasteiger partial charge in [0.1, 0.15) is 0 Å². The minimum atomic E-state index is -0.547. The Morgan fingerprint density at radius 2 is 1.79 bits per heavy atom. The van der Waals surface area contributed by atoms with E-state index in [1.54, 1.807) is 18.2 Å². The predicted octanol–water partition coefficient (Wildman–Crippen LogP) is 2.67. The average Bonchev–Trinajstić information content (AvgIpc) is 3.01. The monoisotopic (exact) mass is 399 g/mol. The van der Waals surface area contributed by atoms with Crippen LogP contribution >= 0.6 is 11.8 Å². The topological polar surface area (TPSA) is 140 Å². The molecule has 1 saturated heterocycles. The molecule has 2 aromatic carbocycles. The van der Waals surface area contributed by atoms with Crippen LogP contribution in [0.15, 0.2) is 58.7 Å². The lowest BCUT2D eigenvalue weighted by Crippen LogP contribution is -2.26. The normalized spacial score (nSPS) is 17.8. The third kappa shape index (κ3) is 4.57. The zero-order valence-corrected chi connectivity index (χ0v) is 15.0. The molecule has 11 heteroatoms. The van der Waals surface area contributed by atoms with Gasteiger partial charge in [0.25, 0.3) is 11.4 Å². The van der Waals surface area contributed by atoms with E-state index in [4.69, 9.17) is 0 Å². The standard InChI is InChI=1S/C17H13N5O5S/c23-16-15(9-12-3-1-2-4-14(12)22(26)27)28-17(19-16)20-18-10-11-5-7-13(8-6-11)21(24)25/h1-8,10,15H,9H2,(H,19,20,23)/b18-10+. The number of carbonyl (C=O) groups is 1. The van der Waals surface area contributed by atoms with Crippen LogP contribution in [0.4, 0.5) is 11.4 Å². The van der Waals surface area contributed by atoms with Crippen LogP contribution in [0.3, 0.4) is 0 Å². The minimum absolute atomic E-state index is 0.0278. The summed E-state index contributed by atoms with van der Waals surface area (Å²) in [4.78, 5) is 32.8. The van der Waals surface area contributed by atoms with Gasteiger partial charge in [-0.15, -0.1) is 5.10 Å². The largest absolute Gasteiger partial charge is 0.303 e. The van der Waals surface area contributed by atoms with E-state index in [-0.39, 0.29) is 28.9 Å². The number of rotatable bonds is 6. The van der Waals surface area contributed by atoms with E-state index in [1.165, 1.54) is 36.5 Å². The Morgan fingerprint density at radius 1 is 1.07 bits per heavy atom. The van der Waals surface area contributed by atoms with E-state index in [2.05, 4.69) is 15.5 Å². The minimum Gasteiger partial charge on any atom is -0.303 e. The van der Waals surface area contributed by atoms with Crippen molar-refractivity contribution in [1.29, 1.82) is 0 Å². The van der Waals surface area contributed by atoms with Gasteiger partial charge in [0.2, 0.25) is 5.91 Å². The summed E-state index contributed by atoms with van der Waals surface area (Å²) in [6.45, 7) is 0. The maximum absolute atomic E-state index is 12.1. The van der Waals surface area contributed by atoms with Crippen LogP contribution in [0.5, 0.6) is 0 Å². The maximum atomic E-state index is 12.1. The zero-order valence-electron chi connectivity index (χ0n) is 14.2. The lowest BCUT2D eigenvalue weighted by Gasteiger charge is -2.05. The second-order valence-electron chi connectivity index (χ2n) is 5.68. The fourth-order valence-corrected chi connectivity index (χ4v) is 3.43. The molecule has 3 rings (SSSR count). The Kier molecular flexibility index (Phi) is 5.75. The first-order valence-electron chi connectivity index (χ1n) is 7.99. The first kappa shape index (κ1) is 19.2. The van der Waals surface area contributed by atoms with Gasteiger partial charge in [-0.25, -0.2) is 0 Å². The highest BCUT2D eigenvalue weighted by molar-refractivity contribution is 8.15. The van der Waals surface area contributed by atoms with Crippen molar-refractivity contribution in [3.8, 4) is 0 Å². The number of para-hydroxylation sites is 1. The van der Waals surface area contributed by atoms with Crippen LogP contribution < -0.4 is 5.32 Å². The highest BCUT2D eigenvalue weighted by Gasteiger charge is 2.32. The molecule has 0 spiro atoms. The summed E-state index contributed by atoms with van der Waals surface area (Å²) in [6.07, 6.45) is 1.59. The molecule has 1 aliphatic rings. The number of amidine groups is 1. The van der Waals surface area contributed by atoms with Crippen molar-refractivity contribution < 1.29 is 14.6 Å². The lowest BCUT2D eigenvalue weighted by molar-refractivity contribution is -0.385. The van der Waals surface area contributed by atoms with Crippen LogP contribution in [0.2, 0.25) is 0 Å². The van der Waals surface area contributed by atoms with Crippen molar-refractivity contribution in [1.82, 2.24) is 5.32 Å². The first-order valence-corrected chi connectivity index (χ1v) is 8.87. The van der Waals surface area contributed by atoms with Crippen LogP contribution in [-0.4, -0.2) is 32.4 Å². The maximum Gasteiger partial charge on any atom is 0.272 e. The number of nitrogens with zero attached hydrogens (tertiary/aromatic N) is 4. The zero-order chi connectivity index (χ0) is 20.1. The smallest absolute Gasteiger partial charge is 0.272 e. The number of non-ortho nitro benzene ring substituents is 1. The fraction of sp³-hybridized carbons (Fsp3) is 0.118. The van der Waals surface area contributed by atoms with Crippen LogP contribution in [0.25, 0.3) is 0 Å². The third-order valence-corrected chi connectivity index (χ3v) is 4.90. The van der Waals surface area contributed by atoms with Crippen molar-refractivity contribution in [2.45, 2.75) is 11.7 Å². The summed E-state index contributed by atoms with van der Waals surface area (Å²) >= 11 is 1.14. The number of carbonyl (C=O) groups excluding carboxylic acids is 1. The molecule has 1 N–H and O–H groups in total. The molecule has 10 nitrogen and oxygen atoms in total. The second-order valence-corrected chi connectivity index (χ2v) is 6.88. The number of thioether (sulfide) groups is 1.